The van der Waals surface area contributed by atoms with Gasteiger partial charge in [-0.2, -0.15) is 5.10 Å². The first kappa shape index (κ1) is 17.3. The van der Waals surface area contributed by atoms with E-state index in [2.05, 4.69) is 20.5 Å². The van der Waals surface area contributed by atoms with Crippen LogP contribution in [-0.2, 0) is 13.2 Å². The van der Waals surface area contributed by atoms with Crippen LogP contribution in [0.4, 0.5) is 10.3 Å². The predicted octanol–water partition coefficient (Wildman–Crippen LogP) is 4.94. The molecule has 1 heterocycles. The quantitative estimate of drug-likeness (QED) is 0.495. The molecule has 0 saturated carbocycles. The van der Waals surface area contributed by atoms with Crippen molar-refractivity contribution in [3.8, 4) is 5.75 Å². The Labute approximate surface area is 160 Å². The molecular formula is C20H16ClFN4O. The molecule has 136 valence electrons. The average molecular weight is 383 g/mol. The van der Waals surface area contributed by atoms with E-state index < -0.39 is 0 Å². The van der Waals surface area contributed by atoms with Crippen molar-refractivity contribution in [2.75, 3.05) is 5.32 Å². The number of rotatable bonds is 6. The molecule has 0 aliphatic heterocycles. The first-order valence-electron chi connectivity index (χ1n) is 8.38. The summed E-state index contributed by atoms with van der Waals surface area (Å²) in [6.45, 7) is 0.510. The summed E-state index contributed by atoms with van der Waals surface area (Å²) in [6.07, 6.45) is 1.43. The maximum Gasteiger partial charge on any atom is 0.218 e. The van der Waals surface area contributed by atoms with Gasteiger partial charge in [0.15, 0.2) is 0 Å². The van der Waals surface area contributed by atoms with Gasteiger partial charge in [0.1, 0.15) is 24.5 Å². The smallest absolute Gasteiger partial charge is 0.218 e. The van der Waals surface area contributed by atoms with Gasteiger partial charge in [0.2, 0.25) is 5.95 Å². The Morgan fingerprint density at radius 1 is 1.04 bits per heavy atom. The summed E-state index contributed by atoms with van der Waals surface area (Å²) in [5, 5.41) is 12.3. The number of halogens is 2. The first-order valence-corrected chi connectivity index (χ1v) is 8.76. The minimum Gasteiger partial charge on any atom is -0.488 e. The number of anilines is 1. The molecule has 0 aliphatic rings. The lowest BCUT2D eigenvalue weighted by Crippen LogP contribution is -2.06. The van der Waals surface area contributed by atoms with Crippen molar-refractivity contribution in [2.45, 2.75) is 13.2 Å². The second kappa shape index (κ2) is 7.63. The highest BCUT2D eigenvalue weighted by molar-refractivity contribution is 6.31. The third kappa shape index (κ3) is 3.71. The molecule has 0 atom stereocenters. The molecule has 0 fully saturated rings. The molecule has 0 bridgehead atoms. The zero-order chi connectivity index (χ0) is 18.6. The zero-order valence-corrected chi connectivity index (χ0v) is 15.0. The van der Waals surface area contributed by atoms with E-state index in [4.69, 9.17) is 16.3 Å². The van der Waals surface area contributed by atoms with Gasteiger partial charge in [-0.25, -0.2) is 14.5 Å². The maximum atomic E-state index is 14.0. The fourth-order valence-corrected chi connectivity index (χ4v) is 3.13. The Hall–Kier alpha value is -3.12. The summed E-state index contributed by atoms with van der Waals surface area (Å²) >= 11 is 6.11. The molecule has 4 aromatic rings. The summed E-state index contributed by atoms with van der Waals surface area (Å²) < 4.78 is 20.0. The van der Waals surface area contributed by atoms with Gasteiger partial charge in [-0.05, 0) is 29.0 Å². The second-order valence-corrected chi connectivity index (χ2v) is 6.35. The maximum absolute atomic E-state index is 14.0. The van der Waals surface area contributed by atoms with Crippen molar-refractivity contribution in [1.29, 1.82) is 0 Å². The molecular weight excluding hydrogens is 367 g/mol. The largest absolute Gasteiger partial charge is 0.488 e. The Morgan fingerprint density at radius 3 is 2.74 bits per heavy atom. The lowest BCUT2D eigenvalue weighted by atomic mass is 10.0. The highest BCUT2D eigenvalue weighted by atomic mass is 35.5. The van der Waals surface area contributed by atoms with Crippen molar-refractivity contribution in [2.24, 2.45) is 0 Å². The summed E-state index contributed by atoms with van der Waals surface area (Å²) in [6, 6.07) is 16.5. The molecule has 1 aromatic heterocycles. The first-order chi connectivity index (χ1) is 13.2. The molecule has 0 unspecified atom stereocenters. The van der Waals surface area contributed by atoms with Crippen LogP contribution >= 0.6 is 11.6 Å². The SMILES string of the molecule is Fc1cccc(Cl)c1COc1ccc2ccccc2c1CNc1ncn[nH]1. The monoisotopic (exact) mass is 382 g/mol. The van der Waals surface area contributed by atoms with Crippen LogP contribution in [-0.4, -0.2) is 15.2 Å². The van der Waals surface area contributed by atoms with Crippen LogP contribution in [0.5, 0.6) is 5.75 Å². The standard InChI is InChI=1S/C20H16ClFN4O/c21-17-6-3-7-18(22)16(17)11-27-19-9-8-13-4-1-2-5-14(13)15(19)10-23-20-24-12-25-26-20/h1-9,12H,10-11H2,(H2,23,24,25,26). The summed E-state index contributed by atoms with van der Waals surface area (Å²) in [5.41, 5.74) is 1.28. The molecule has 4 rings (SSSR count). The number of nitrogens with zero attached hydrogens (tertiary/aromatic N) is 2. The zero-order valence-electron chi connectivity index (χ0n) is 14.2. The third-order valence-corrected chi connectivity index (χ3v) is 4.63. The van der Waals surface area contributed by atoms with Gasteiger partial charge >= 0.3 is 0 Å². The minimum atomic E-state index is -0.385. The van der Waals surface area contributed by atoms with Crippen LogP contribution < -0.4 is 10.1 Å². The third-order valence-electron chi connectivity index (χ3n) is 4.28. The van der Waals surface area contributed by atoms with E-state index in [0.717, 1.165) is 16.3 Å². The van der Waals surface area contributed by atoms with Crippen LogP contribution in [0.15, 0.2) is 60.9 Å². The second-order valence-electron chi connectivity index (χ2n) is 5.94. The average Bonchev–Trinajstić information content (AvgIpc) is 3.20. The van der Waals surface area contributed by atoms with Crippen molar-refractivity contribution in [3.05, 3.63) is 82.9 Å². The number of hydrogen-bond donors (Lipinski definition) is 2. The van der Waals surface area contributed by atoms with E-state index in [9.17, 15) is 4.39 Å². The van der Waals surface area contributed by atoms with Gasteiger partial charge in [-0.15, -0.1) is 0 Å². The molecule has 0 amide bonds. The van der Waals surface area contributed by atoms with E-state index in [1.807, 2.05) is 36.4 Å². The molecule has 0 spiro atoms. The van der Waals surface area contributed by atoms with Crippen molar-refractivity contribution >= 4 is 28.3 Å². The van der Waals surface area contributed by atoms with E-state index in [-0.39, 0.29) is 12.4 Å². The summed E-state index contributed by atoms with van der Waals surface area (Å²) in [5.74, 6) is 0.829. The lowest BCUT2D eigenvalue weighted by molar-refractivity contribution is 0.297. The number of benzene rings is 3. The lowest BCUT2D eigenvalue weighted by Gasteiger charge is -2.15. The Morgan fingerprint density at radius 2 is 1.93 bits per heavy atom. The normalized spacial score (nSPS) is 10.9. The number of fused-ring (bicyclic) bond motifs is 1. The van der Waals surface area contributed by atoms with E-state index in [0.29, 0.717) is 28.8 Å². The van der Waals surface area contributed by atoms with Crippen LogP contribution in [0.2, 0.25) is 5.02 Å². The van der Waals surface area contributed by atoms with Gasteiger partial charge in [-0.1, -0.05) is 48.0 Å². The molecule has 0 radical (unpaired) electrons. The number of ether oxygens (including phenoxy) is 1. The van der Waals surface area contributed by atoms with Crippen molar-refractivity contribution in [1.82, 2.24) is 15.2 Å². The van der Waals surface area contributed by atoms with Gasteiger partial charge in [0.25, 0.3) is 0 Å². The van der Waals surface area contributed by atoms with Gasteiger partial charge < -0.3 is 10.1 Å². The van der Waals surface area contributed by atoms with E-state index >= 15 is 0 Å². The number of aromatic nitrogens is 3. The number of nitrogens with one attached hydrogen (secondary N) is 2. The highest BCUT2D eigenvalue weighted by Gasteiger charge is 2.12. The fourth-order valence-electron chi connectivity index (χ4n) is 2.92. The van der Waals surface area contributed by atoms with Gasteiger partial charge in [-0.3, -0.25) is 0 Å². The molecule has 0 saturated heterocycles. The topological polar surface area (TPSA) is 62.8 Å². The molecule has 0 aliphatic carbocycles. The fraction of sp³-hybridized carbons (Fsp3) is 0.100. The van der Waals surface area contributed by atoms with E-state index in [1.165, 1.54) is 12.4 Å². The number of hydrogen-bond acceptors (Lipinski definition) is 4. The summed E-state index contributed by atoms with van der Waals surface area (Å²) in [7, 11) is 0. The van der Waals surface area contributed by atoms with E-state index in [1.54, 1.807) is 12.1 Å². The summed E-state index contributed by atoms with van der Waals surface area (Å²) in [4.78, 5) is 4.07. The highest BCUT2D eigenvalue weighted by Crippen LogP contribution is 2.30. The van der Waals surface area contributed by atoms with Crippen LogP contribution in [0, 0.1) is 5.82 Å². The Balaban J connectivity index is 1.65. The molecule has 2 N–H and O–H groups in total. The van der Waals surface area contributed by atoms with Crippen LogP contribution in [0.1, 0.15) is 11.1 Å². The Bertz CT molecular complexity index is 1050. The Kier molecular flexibility index (Phi) is 4.89. The number of H-pyrrole nitrogens is 1. The van der Waals surface area contributed by atoms with Gasteiger partial charge in [0.05, 0.1) is 5.02 Å². The van der Waals surface area contributed by atoms with Crippen LogP contribution in [0.3, 0.4) is 0 Å². The van der Waals surface area contributed by atoms with Crippen molar-refractivity contribution in [3.63, 3.8) is 0 Å². The predicted molar refractivity (Wildman–Crippen MR) is 103 cm³/mol. The van der Waals surface area contributed by atoms with Crippen molar-refractivity contribution < 1.29 is 9.13 Å². The molecule has 3 aromatic carbocycles. The minimum absolute atomic E-state index is 0.0408. The molecule has 5 nitrogen and oxygen atoms in total. The van der Waals surface area contributed by atoms with Gasteiger partial charge in [0, 0.05) is 17.7 Å². The number of aromatic amines is 1. The molecule has 7 heteroatoms. The van der Waals surface area contributed by atoms with Crippen LogP contribution in [0.25, 0.3) is 10.8 Å². The molecule has 27 heavy (non-hydrogen) atoms.